The molecule has 27 heavy (non-hydrogen) atoms. The predicted molar refractivity (Wildman–Crippen MR) is 110 cm³/mol. The van der Waals surface area contributed by atoms with Gasteiger partial charge in [-0.2, -0.15) is 12.7 Å². The van der Waals surface area contributed by atoms with Gasteiger partial charge >= 0.3 is 10.2 Å². The first kappa shape index (κ1) is 20.9. The molecule has 0 bridgehead atoms. The SMILES string of the molecule is Cc1cccc(C(C)C)c1NC(=O)CN(c1ccccc1)S(=O)(=O)N(C)C. The molecule has 0 fully saturated rings. The third kappa shape index (κ3) is 4.87. The molecule has 0 saturated carbocycles. The maximum atomic E-state index is 12.8. The number of nitrogens with one attached hydrogen (secondary N) is 1. The minimum atomic E-state index is -3.81. The highest BCUT2D eigenvalue weighted by Crippen LogP contribution is 2.27. The summed E-state index contributed by atoms with van der Waals surface area (Å²) in [6, 6.07) is 14.5. The summed E-state index contributed by atoms with van der Waals surface area (Å²) < 4.78 is 27.7. The first-order valence-electron chi connectivity index (χ1n) is 8.79. The minimum Gasteiger partial charge on any atom is -0.324 e. The average Bonchev–Trinajstić information content (AvgIpc) is 2.61. The smallest absolute Gasteiger partial charge is 0.304 e. The van der Waals surface area contributed by atoms with Crippen molar-refractivity contribution in [2.75, 3.05) is 30.3 Å². The maximum absolute atomic E-state index is 12.8. The monoisotopic (exact) mass is 389 g/mol. The molecule has 0 aliphatic heterocycles. The number of nitrogens with zero attached hydrogens (tertiary/aromatic N) is 2. The Balaban J connectivity index is 2.33. The summed E-state index contributed by atoms with van der Waals surface area (Å²) >= 11 is 0. The van der Waals surface area contributed by atoms with E-state index in [4.69, 9.17) is 0 Å². The minimum absolute atomic E-state index is 0.232. The van der Waals surface area contributed by atoms with Crippen LogP contribution in [0.5, 0.6) is 0 Å². The Morgan fingerprint density at radius 2 is 1.67 bits per heavy atom. The standard InChI is InChI=1S/C20H27N3O3S/c1-15(2)18-13-9-10-16(3)20(18)21-19(24)14-23(27(25,26)22(4)5)17-11-7-6-8-12-17/h6-13,15H,14H2,1-5H3,(H,21,24). The number of rotatable bonds is 7. The zero-order valence-electron chi connectivity index (χ0n) is 16.4. The van der Waals surface area contributed by atoms with E-state index < -0.39 is 10.2 Å². The van der Waals surface area contributed by atoms with Crippen LogP contribution in [-0.4, -0.2) is 39.3 Å². The molecule has 0 heterocycles. The van der Waals surface area contributed by atoms with Crippen LogP contribution in [0.4, 0.5) is 11.4 Å². The molecule has 0 saturated heterocycles. The molecular weight excluding hydrogens is 362 g/mol. The summed E-state index contributed by atoms with van der Waals surface area (Å²) in [7, 11) is -0.918. The van der Waals surface area contributed by atoms with E-state index in [9.17, 15) is 13.2 Å². The highest BCUT2D eigenvalue weighted by atomic mass is 32.2. The van der Waals surface area contributed by atoms with E-state index in [1.54, 1.807) is 30.3 Å². The van der Waals surface area contributed by atoms with Crippen LogP contribution in [0.1, 0.15) is 30.9 Å². The van der Waals surface area contributed by atoms with Crippen LogP contribution in [-0.2, 0) is 15.0 Å². The summed E-state index contributed by atoms with van der Waals surface area (Å²) in [5.41, 5.74) is 3.14. The second-order valence-electron chi connectivity index (χ2n) is 6.87. The van der Waals surface area contributed by atoms with Gasteiger partial charge in [0.05, 0.1) is 5.69 Å². The third-order valence-corrected chi connectivity index (χ3v) is 6.08. The zero-order chi connectivity index (χ0) is 20.2. The number of aryl methyl sites for hydroxylation is 1. The topological polar surface area (TPSA) is 69.7 Å². The van der Waals surface area contributed by atoms with Crippen LogP contribution < -0.4 is 9.62 Å². The molecule has 2 aromatic carbocycles. The Kier molecular flexibility index (Phi) is 6.62. The summed E-state index contributed by atoms with van der Waals surface area (Å²) in [6.45, 7) is 5.72. The molecular formula is C20H27N3O3S. The molecule has 2 rings (SSSR count). The summed E-state index contributed by atoms with van der Waals surface area (Å²) in [6.07, 6.45) is 0. The molecule has 2 aromatic rings. The Hall–Kier alpha value is -2.38. The quantitative estimate of drug-likeness (QED) is 0.789. The second kappa shape index (κ2) is 8.54. The van der Waals surface area contributed by atoms with Crippen LogP contribution in [0.15, 0.2) is 48.5 Å². The van der Waals surface area contributed by atoms with E-state index in [1.807, 2.05) is 25.1 Å². The van der Waals surface area contributed by atoms with Gasteiger partial charge in [0, 0.05) is 19.8 Å². The number of anilines is 2. The van der Waals surface area contributed by atoms with Gasteiger partial charge in [0.25, 0.3) is 0 Å². The average molecular weight is 390 g/mol. The van der Waals surface area contributed by atoms with Gasteiger partial charge in [-0.1, -0.05) is 50.2 Å². The molecule has 0 unspecified atom stereocenters. The number of carbonyl (C=O) groups is 1. The molecule has 0 spiro atoms. The number of amides is 1. The molecule has 0 atom stereocenters. The lowest BCUT2D eigenvalue weighted by Gasteiger charge is -2.27. The number of para-hydroxylation sites is 2. The van der Waals surface area contributed by atoms with E-state index in [1.165, 1.54) is 14.1 Å². The number of hydrogen-bond donors (Lipinski definition) is 1. The van der Waals surface area contributed by atoms with Gasteiger partial charge < -0.3 is 5.32 Å². The van der Waals surface area contributed by atoms with E-state index >= 15 is 0 Å². The van der Waals surface area contributed by atoms with Gasteiger partial charge in [0.2, 0.25) is 5.91 Å². The molecule has 6 nitrogen and oxygen atoms in total. The third-order valence-electron chi connectivity index (χ3n) is 4.26. The summed E-state index contributed by atoms with van der Waals surface area (Å²) in [5, 5.41) is 2.91. The molecule has 0 aliphatic carbocycles. The second-order valence-corrected chi connectivity index (χ2v) is 8.94. The van der Waals surface area contributed by atoms with Crippen LogP contribution >= 0.6 is 0 Å². The van der Waals surface area contributed by atoms with Gasteiger partial charge in [0.1, 0.15) is 6.54 Å². The van der Waals surface area contributed by atoms with Crippen LogP contribution in [0.25, 0.3) is 0 Å². The van der Waals surface area contributed by atoms with Crippen LogP contribution in [0.2, 0.25) is 0 Å². The van der Waals surface area contributed by atoms with Crippen molar-refractivity contribution in [1.82, 2.24) is 4.31 Å². The molecule has 0 aliphatic rings. The van der Waals surface area contributed by atoms with Crippen molar-refractivity contribution >= 4 is 27.5 Å². The highest BCUT2D eigenvalue weighted by Gasteiger charge is 2.27. The number of carbonyl (C=O) groups excluding carboxylic acids is 1. The predicted octanol–water partition coefficient (Wildman–Crippen LogP) is 3.37. The normalized spacial score (nSPS) is 11.7. The number of hydrogen-bond acceptors (Lipinski definition) is 3. The highest BCUT2D eigenvalue weighted by molar-refractivity contribution is 7.90. The maximum Gasteiger partial charge on any atom is 0.304 e. The fourth-order valence-electron chi connectivity index (χ4n) is 2.75. The lowest BCUT2D eigenvalue weighted by molar-refractivity contribution is -0.114. The fraction of sp³-hybridized carbons (Fsp3) is 0.350. The van der Waals surface area contributed by atoms with E-state index in [0.29, 0.717) is 5.69 Å². The molecule has 146 valence electrons. The Labute approximate surface area is 162 Å². The lowest BCUT2D eigenvalue weighted by Crippen LogP contribution is -2.44. The van der Waals surface area contributed by atoms with Gasteiger partial charge in [-0.25, -0.2) is 4.31 Å². The van der Waals surface area contributed by atoms with Crippen molar-refractivity contribution in [1.29, 1.82) is 0 Å². The van der Waals surface area contributed by atoms with Gasteiger partial charge in [-0.3, -0.25) is 4.79 Å². The molecule has 0 radical (unpaired) electrons. The van der Waals surface area contributed by atoms with Crippen molar-refractivity contribution in [3.05, 3.63) is 59.7 Å². The molecule has 7 heteroatoms. The van der Waals surface area contributed by atoms with E-state index in [0.717, 1.165) is 25.4 Å². The Bertz CT molecular complexity index is 894. The molecule has 1 amide bonds. The summed E-state index contributed by atoms with van der Waals surface area (Å²) in [4.78, 5) is 12.8. The van der Waals surface area contributed by atoms with Crippen molar-refractivity contribution in [2.24, 2.45) is 0 Å². The number of benzene rings is 2. The van der Waals surface area contributed by atoms with Gasteiger partial charge in [-0.15, -0.1) is 0 Å². The largest absolute Gasteiger partial charge is 0.324 e. The zero-order valence-corrected chi connectivity index (χ0v) is 17.2. The van der Waals surface area contributed by atoms with Crippen molar-refractivity contribution < 1.29 is 13.2 Å². The van der Waals surface area contributed by atoms with Crippen LogP contribution in [0.3, 0.4) is 0 Å². The Morgan fingerprint density at radius 1 is 1.04 bits per heavy atom. The Morgan fingerprint density at radius 3 is 2.22 bits per heavy atom. The van der Waals surface area contributed by atoms with E-state index in [-0.39, 0.29) is 18.4 Å². The van der Waals surface area contributed by atoms with E-state index in [2.05, 4.69) is 19.2 Å². The van der Waals surface area contributed by atoms with Crippen LogP contribution in [0, 0.1) is 6.92 Å². The van der Waals surface area contributed by atoms with Crippen molar-refractivity contribution in [2.45, 2.75) is 26.7 Å². The lowest BCUT2D eigenvalue weighted by atomic mass is 9.98. The fourth-order valence-corrected chi connectivity index (χ4v) is 3.81. The summed E-state index contributed by atoms with van der Waals surface area (Å²) in [5.74, 6) is -0.156. The van der Waals surface area contributed by atoms with Crippen molar-refractivity contribution in [3.63, 3.8) is 0 Å². The first-order chi connectivity index (χ1) is 12.6. The van der Waals surface area contributed by atoms with Gasteiger partial charge in [0.15, 0.2) is 0 Å². The first-order valence-corrected chi connectivity index (χ1v) is 10.2. The molecule has 0 aromatic heterocycles. The van der Waals surface area contributed by atoms with Crippen molar-refractivity contribution in [3.8, 4) is 0 Å². The molecule has 1 N–H and O–H groups in total. The van der Waals surface area contributed by atoms with Gasteiger partial charge in [-0.05, 0) is 36.1 Å².